The minimum absolute atomic E-state index is 0.113. The maximum atomic E-state index is 13.1. The van der Waals surface area contributed by atoms with Crippen LogP contribution in [-0.4, -0.2) is 26.4 Å². The number of ether oxygens (including phenoxy) is 1. The Hall–Kier alpha value is -3.01. The van der Waals surface area contributed by atoms with E-state index in [1.54, 1.807) is 0 Å². The van der Waals surface area contributed by atoms with E-state index < -0.39 is 17.6 Å². The van der Waals surface area contributed by atoms with E-state index in [-0.39, 0.29) is 17.5 Å². The lowest BCUT2D eigenvalue weighted by atomic mass is 10.1. The Kier molecular flexibility index (Phi) is 7.21. The van der Waals surface area contributed by atoms with E-state index in [0.29, 0.717) is 23.3 Å². The van der Waals surface area contributed by atoms with Crippen molar-refractivity contribution >= 4 is 23.4 Å². The maximum absolute atomic E-state index is 13.1. The monoisotopic (exact) mass is 450 g/mol. The molecule has 0 saturated heterocycles. The number of carbonyl (C=O) groups is 1. The van der Waals surface area contributed by atoms with E-state index >= 15 is 0 Å². The first-order valence-corrected chi connectivity index (χ1v) is 10.5. The van der Waals surface area contributed by atoms with Crippen molar-refractivity contribution in [1.29, 1.82) is 0 Å². The molecule has 0 fully saturated rings. The molecule has 1 atom stereocenters. The zero-order chi connectivity index (χ0) is 22.4. The van der Waals surface area contributed by atoms with E-state index in [1.165, 1.54) is 18.2 Å². The van der Waals surface area contributed by atoms with Gasteiger partial charge in [-0.2, -0.15) is 13.2 Å². The van der Waals surface area contributed by atoms with Gasteiger partial charge in [-0.15, -0.1) is 10.2 Å². The molecule has 3 aromatic rings. The number of hydrogen-bond acceptors (Lipinski definition) is 5. The number of thioether (sulfide) groups is 1. The molecule has 1 N–H and O–H groups in total. The summed E-state index contributed by atoms with van der Waals surface area (Å²) in [6, 6.07) is 14.1. The molecule has 1 amide bonds. The first kappa shape index (κ1) is 22.7. The molecule has 1 unspecified atom stereocenters. The summed E-state index contributed by atoms with van der Waals surface area (Å²) in [7, 11) is 0. The van der Waals surface area contributed by atoms with Gasteiger partial charge in [0.1, 0.15) is 5.75 Å². The minimum Gasteiger partial charge on any atom is -0.483 e. The van der Waals surface area contributed by atoms with Crippen LogP contribution in [-0.2, 0) is 17.5 Å². The third-order valence-corrected chi connectivity index (χ3v) is 5.29. The number of carbonyl (C=O) groups excluding carboxylic acids is 1. The van der Waals surface area contributed by atoms with Gasteiger partial charge < -0.3 is 14.6 Å². The molecule has 31 heavy (non-hydrogen) atoms. The molecule has 0 spiro atoms. The molecule has 164 valence electrons. The lowest BCUT2D eigenvalue weighted by molar-refractivity contribution is -0.137. The van der Waals surface area contributed by atoms with Crippen molar-refractivity contribution in [2.45, 2.75) is 37.8 Å². The smallest absolute Gasteiger partial charge is 0.418 e. The molecule has 6 nitrogen and oxygen atoms in total. The zero-order valence-corrected chi connectivity index (χ0v) is 17.7. The Morgan fingerprint density at radius 2 is 1.81 bits per heavy atom. The van der Waals surface area contributed by atoms with Crippen LogP contribution in [0.25, 0.3) is 0 Å². The molecular weight excluding hydrogens is 429 g/mol. The highest BCUT2D eigenvalue weighted by atomic mass is 32.2. The van der Waals surface area contributed by atoms with Crippen LogP contribution in [0.2, 0.25) is 0 Å². The van der Waals surface area contributed by atoms with Gasteiger partial charge in [0.25, 0.3) is 0 Å². The van der Waals surface area contributed by atoms with Crippen LogP contribution in [0.1, 0.15) is 31.3 Å². The van der Waals surface area contributed by atoms with Gasteiger partial charge in [-0.25, -0.2) is 0 Å². The number of nitrogens with one attached hydrogen (secondary N) is 1. The van der Waals surface area contributed by atoms with E-state index in [2.05, 4.69) is 15.5 Å². The topological polar surface area (TPSA) is 69.0 Å². The normalized spacial score (nSPS) is 12.4. The fraction of sp³-hybridized carbons (Fsp3) is 0.286. The number of para-hydroxylation sites is 2. The fourth-order valence-corrected chi connectivity index (χ4v) is 3.73. The fourth-order valence-electron chi connectivity index (χ4n) is 2.92. The second kappa shape index (κ2) is 9.86. The number of anilines is 1. The van der Waals surface area contributed by atoms with Crippen LogP contribution in [0, 0.1) is 0 Å². The third-order valence-electron chi connectivity index (χ3n) is 4.32. The van der Waals surface area contributed by atoms with Gasteiger partial charge in [0, 0.05) is 6.54 Å². The second-order valence-electron chi connectivity index (χ2n) is 6.54. The summed E-state index contributed by atoms with van der Waals surface area (Å²) in [5, 5.41) is 11.1. The Morgan fingerprint density at radius 3 is 2.48 bits per heavy atom. The highest BCUT2D eigenvalue weighted by Crippen LogP contribution is 2.34. The number of amides is 1. The van der Waals surface area contributed by atoms with Crippen LogP contribution >= 0.6 is 11.8 Å². The van der Waals surface area contributed by atoms with Crippen molar-refractivity contribution in [1.82, 2.24) is 14.8 Å². The quantitative estimate of drug-likeness (QED) is 0.479. The second-order valence-corrected chi connectivity index (χ2v) is 7.48. The van der Waals surface area contributed by atoms with Crippen LogP contribution < -0.4 is 10.1 Å². The highest BCUT2D eigenvalue weighted by Gasteiger charge is 2.33. The van der Waals surface area contributed by atoms with Crippen LogP contribution in [0.15, 0.2) is 59.8 Å². The zero-order valence-electron chi connectivity index (χ0n) is 16.9. The molecule has 0 aliphatic heterocycles. The molecule has 0 radical (unpaired) electrons. The van der Waals surface area contributed by atoms with Gasteiger partial charge in [0.2, 0.25) is 5.91 Å². The van der Waals surface area contributed by atoms with Crippen molar-refractivity contribution in [3.63, 3.8) is 0 Å². The van der Waals surface area contributed by atoms with Crippen molar-refractivity contribution < 1.29 is 22.7 Å². The summed E-state index contributed by atoms with van der Waals surface area (Å²) >= 11 is 1.10. The predicted molar refractivity (Wildman–Crippen MR) is 112 cm³/mol. The maximum Gasteiger partial charge on any atom is 0.418 e. The van der Waals surface area contributed by atoms with E-state index in [9.17, 15) is 18.0 Å². The summed E-state index contributed by atoms with van der Waals surface area (Å²) in [5.41, 5.74) is -1.16. The van der Waals surface area contributed by atoms with E-state index in [1.807, 2.05) is 48.7 Å². The molecule has 0 aliphatic rings. The lowest BCUT2D eigenvalue weighted by Gasteiger charge is -2.15. The first-order chi connectivity index (χ1) is 14.8. The summed E-state index contributed by atoms with van der Waals surface area (Å²) in [4.78, 5) is 12.3. The van der Waals surface area contributed by atoms with Gasteiger partial charge >= 0.3 is 6.18 Å². The van der Waals surface area contributed by atoms with Gasteiger partial charge in [-0.05, 0) is 38.1 Å². The van der Waals surface area contributed by atoms with Crippen LogP contribution in [0.3, 0.4) is 0 Å². The highest BCUT2D eigenvalue weighted by molar-refractivity contribution is 7.99. The third kappa shape index (κ3) is 5.78. The van der Waals surface area contributed by atoms with Gasteiger partial charge in [0.15, 0.2) is 17.1 Å². The summed E-state index contributed by atoms with van der Waals surface area (Å²) in [6.45, 7) is 4.30. The number of nitrogens with zero attached hydrogens (tertiary/aromatic N) is 3. The van der Waals surface area contributed by atoms with E-state index in [4.69, 9.17) is 4.74 Å². The Morgan fingerprint density at radius 1 is 1.13 bits per heavy atom. The van der Waals surface area contributed by atoms with Gasteiger partial charge in [0.05, 0.1) is 17.0 Å². The summed E-state index contributed by atoms with van der Waals surface area (Å²) < 4.78 is 47.0. The molecule has 3 rings (SSSR count). The molecule has 10 heteroatoms. The SMILES string of the molecule is CCn1c(SCC(=O)Nc2ccccc2C(F)(F)F)nnc1C(C)Oc1ccccc1. The Balaban J connectivity index is 1.65. The van der Waals surface area contributed by atoms with Crippen LogP contribution in [0.4, 0.5) is 18.9 Å². The van der Waals surface area contributed by atoms with Crippen molar-refractivity contribution in [2.24, 2.45) is 0 Å². The number of halogens is 3. The predicted octanol–water partition coefficient (Wildman–Crippen LogP) is 5.19. The average molecular weight is 450 g/mol. The van der Waals surface area contributed by atoms with Gasteiger partial charge in [-0.1, -0.05) is 42.1 Å². The van der Waals surface area contributed by atoms with Crippen molar-refractivity contribution in [3.8, 4) is 5.75 Å². The Labute approximate surface area is 181 Å². The number of rotatable bonds is 8. The number of aromatic nitrogens is 3. The Bertz CT molecular complexity index is 1020. The minimum atomic E-state index is -4.55. The van der Waals surface area contributed by atoms with Crippen molar-refractivity contribution in [3.05, 3.63) is 66.0 Å². The molecule has 0 bridgehead atoms. The standard InChI is InChI=1S/C21H21F3N4O2S/c1-3-28-19(14(2)30-15-9-5-4-6-10-15)26-27-20(28)31-13-18(29)25-17-12-8-7-11-16(17)21(22,23)24/h4-12,14H,3,13H2,1-2H3,(H,25,29). The number of hydrogen-bond donors (Lipinski definition) is 1. The molecule has 1 heterocycles. The molecule has 0 saturated carbocycles. The summed E-state index contributed by atoms with van der Waals surface area (Å²) in [6.07, 6.45) is -4.93. The average Bonchev–Trinajstić information content (AvgIpc) is 3.16. The van der Waals surface area contributed by atoms with Gasteiger partial charge in [-0.3, -0.25) is 4.79 Å². The number of alkyl halides is 3. The van der Waals surface area contributed by atoms with Crippen LogP contribution in [0.5, 0.6) is 5.75 Å². The molecular formula is C21H21F3N4O2S. The molecule has 0 aliphatic carbocycles. The largest absolute Gasteiger partial charge is 0.483 e. The number of benzene rings is 2. The van der Waals surface area contributed by atoms with E-state index in [0.717, 1.165) is 17.8 Å². The molecule has 2 aromatic carbocycles. The lowest BCUT2D eigenvalue weighted by Crippen LogP contribution is -2.18. The first-order valence-electron chi connectivity index (χ1n) is 9.53. The van der Waals surface area contributed by atoms with Crippen molar-refractivity contribution in [2.75, 3.05) is 11.1 Å². The summed E-state index contributed by atoms with van der Waals surface area (Å²) in [5.74, 6) is 0.606. The molecule has 1 aromatic heterocycles.